The van der Waals surface area contributed by atoms with Crippen LogP contribution in [0.3, 0.4) is 0 Å². The second kappa shape index (κ2) is 7.54. The molecule has 1 rings (SSSR count). The molecule has 6 heteroatoms. The molecule has 4 nitrogen and oxygen atoms in total. The van der Waals surface area contributed by atoms with E-state index in [0.29, 0.717) is 23.2 Å². The van der Waals surface area contributed by atoms with Crippen molar-refractivity contribution in [1.29, 1.82) is 0 Å². The van der Waals surface area contributed by atoms with Crippen LogP contribution in [0, 0.1) is 5.92 Å². The van der Waals surface area contributed by atoms with E-state index < -0.39 is 10.0 Å². The van der Waals surface area contributed by atoms with Gasteiger partial charge in [0.05, 0.1) is 0 Å². The van der Waals surface area contributed by atoms with Crippen LogP contribution in [0.4, 0.5) is 0 Å². The lowest BCUT2D eigenvalue weighted by atomic mass is 10.2. The van der Waals surface area contributed by atoms with Crippen molar-refractivity contribution in [2.75, 3.05) is 13.1 Å². The Morgan fingerprint density at radius 3 is 2.45 bits per heavy atom. The zero-order valence-corrected chi connectivity index (χ0v) is 14.6. The molecule has 116 valence electrons. The molecule has 0 saturated heterocycles. The fourth-order valence-corrected chi connectivity index (χ4v) is 5.05. The van der Waals surface area contributed by atoms with Crippen molar-refractivity contribution in [1.82, 2.24) is 9.62 Å². The van der Waals surface area contributed by atoms with Gasteiger partial charge in [-0.3, -0.25) is 0 Å². The lowest BCUT2D eigenvalue weighted by Crippen LogP contribution is -2.39. The van der Waals surface area contributed by atoms with Gasteiger partial charge >= 0.3 is 0 Å². The van der Waals surface area contributed by atoms with E-state index in [1.807, 2.05) is 40.0 Å². The van der Waals surface area contributed by atoms with Gasteiger partial charge in [-0.05, 0) is 43.3 Å². The van der Waals surface area contributed by atoms with E-state index in [2.05, 4.69) is 5.32 Å². The average Bonchev–Trinajstić information content (AvgIpc) is 2.82. The second-order valence-electron chi connectivity index (χ2n) is 5.62. The van der Waals surface area contributed by atoms with Crippen LogP contribution in [-0.2, 0) is 16.6 Å². The van der Waals surface area contributed by atoms with Crippen LogP contribution >= 0.6 is 11.3 Å². The van der Waals surface area contributed by atoms with Crippen LogP contribution in [-0.4, -0.2) is 31.9 Å². The fraction of sp³-hybridized carbons (Fsp3) is 0.714. The molecule has 1 aromatic rings. The third kappa shape index (κ3) is 4.55. The van der Waals surface area contributed by atoms with Crippen LogP contribution in [0.25, 0.3) is 0 Å². The minimum absolute atomic E-state index is 0.0262. The smallest absolute Gasteiger partial charge is 0.252 e. The predicted octanol–water partition coefficient (Wildman–Crippen LogP) is 2.91. The number of thiophene rings is 1. The highest BCUT2D eigenvalue weighted by Crippen LogP contribution is 2.26. The molecule has 0 bridgehead atoms. The zero-order valence-electron chi connectivity index (χ0n) is 13.0. The van der Waals surface area contributed by atoms with Crippen molar-refractivity contribution in [3.8, 4) is 0 Å². The molecule has 20 heavy (non-hydrogen) atoms. The van der Waals surface area contributed by atoms with E-state index in [0.717, 1.165) is 12.1 Å². The SMILES string of the molecule is CCNCc1csc(S(=O)(=O)N(CC(C)C)C(C)C)c1. The molecule has 1 heterocycles. The number of rotatable bonds is 8. The van der Waals surface area contributed by atoms with Gasteiger partial charge in [0.1, 0.15) is 4.21 Å². The van der Waals surface area contributed by atoms with Crippen LogP contribution in [0.1, 0.15) is 40.2 Å². The zero-order chi connectivity index (χ0) is 15.3. The molecular weight excluding hydrogens is 292 g/mol. The minimum Gasteiger partial charge on any atom is -0.313 e. The summed E-state index contributed by atoms with van der Waals surface area (Å²) in [5.41, 5.74) is 1.03. The molecule has 1 aromatic heterocycles. The van der Waals surface area contributed by atoms with Crippen molar-refractivity contribution in [3.63, 3.8) is 0 Å². The van der Waals surface area contributed by atoms with Crippen molar-refractivity contribution < 1.29 is 8.42 Å². The Labute approximate surface area is 127 Å². The Kier molecular flexibility index (Phi) is 6.64. The van der Waals surface area contributed by atoms with E-state index in [9.17, 15) is 8.42 Å². The first-order valence-electron chi connectivity index (χ1n) is 7.09. The molecule has 0 aliphatic rings. The van der Waals surface area contributed by atoms with E-state index in [-0.39, 0.29) is 6.04 Å². The first-order valence-corrected chi connectivity index (χ1v) is 9.41. The first kappa shape index (κ1) is 17.6. The number of hydrogen-bond donors (Lipinski definition) is 1. The quantitative estimate of drug-likeness (QED) is 0.802. The molecule has 1 N–H and O–H groups in total. The number of sulfonamides is 1. The topological polar surface area (TPSA) is 49.4 Å². The largest absolute Gasteiger partial charge is 0.313 e. The maximum atomic E-state index is 12.7. The highest BCUT2D eigenvalue weighted by atomic mass is 32.2. The Morgan fingerprint density at radius 1 is 1.30 bits per heavy atom. The summed E-state index contributed by atoms with van der Waals surface area (Å²) >= 11 is 1.31. The van der Waals surface area contributed by atoms with Gasteiger partial charge in [-0.1, -0.05) is 20.8 Å². The monoisotopic (exact) mass is 318 g/mol. The molecule has 0 fully saturated rings. The summed E-state index contributed by atoms with van der Waals surface area (Å²) in [6.45, 7) is 12.1. The van der Waals surface area contributed by atoms with Gasteiger partial charge in [0.25, 0.3) is 10.0 Å². The van der Waals surface area contributed by atoms with Gasteiger partial charge in [-0.15, -0.1) is 11.3 Å². The molecule has 0 aliphatic heterocycles. The van der Waals surface area contributed by atoms with E-state index in [4.69, 9.17) is 0 Å². The van der Waals surface area contributed by atoms with Gasteiger partial charge in [0.2, 0.25) is 0 Å². The third-order valence-corrected chi connectivity index (χ3v) is 6.40. The molecule has 0 spiro atoms. The average molecular weight is 319 g/mol. The highest BCUT2D eigenvalue weighted by Gasteiger charge is 2.28. The van der Waals surface area contributed by atoms with Crippen molar-refractivity contribution in [2.24, 2.45) is 5.92 Å². The highest BCUT2D eigenvalue weighted by molar-refractivity contribution is 7.91. The minimum atomic E-state index is -3.38. The maximum absolute atomic E-state index is 12.7. The Balaban J connectivity index is 2.98. The normalized spacial score (nSPS) is 12.8. The van der Waals surface area contributed by atoms with E-state index in [1.54, 1.807) is 10.4 Å². The Morgan fingerprint density at radius 2 is 1.95 bits per heavy atom. The molecule has 0 saturated carbocycles. The fourth-order valence-electron chi connectivity index (χ4n) is 1.91. The number of hydrogen-bond acceptors (Lipinski definition) is 4. The summed E-state index contributed by atoms with van der Waals surface area (Å²) in [4.78, 5) is 0. The van der Waals surface area contributed by atoms with Crippen LogP contribution in [0.2, 0.25) is 0 Å². The summed E-state index contributed by atoms with van der Waals surface area (Å²) in [6, 6.07) is 1.76. The number of nitrogens with one attached hydrogen (secondary N) is 1. The summed E-state index contributed by atoms with van der Waals surface area (Å²) in [7, 11) is -3.38. The molecule has 0 aromatic carbocycles. The second-order valence-corrected chi connectivity index (χ2v) is 8.65. The molecule has 0 aliphatic carbocycles. The van der Waals surface area contributed by atoms with Gasteiger partial charge < -0.3 is 5.32 Å². The van der Waals surface area contributed by atoms with E-state index >= 15 is 0 Å². The number of nitrogens with zero attached hydrogens (tertiary/aromatic N) is 1. The lowest BCUT2D eigenvalue weighted by Gasteiger charge is -2.26. The van der Waals surface area contributed by atoms with Gasteiger partial charge in [-0.25, -0.2) is 8.42 Å². The van der Waals surface area contributed by atoms with Gasteiger partial charge in [0.15, 0.2) is 0 Å². The summed E-state index contributed by atoms with van der Waals surface area (Å²) in [5, 5.41) is 5.13. The van der Waals surface area contributed by atoms with Crippen molar-refractivity contribution >= 4 is 21.4 Å². The third-order valence-electron chi connectivity index (χ3n) is 2.89. The van der Waals surface area contributed by atoms with Crippen LogP contribution in [0.5, 0.6) is 0 Å². The lowest BCUT2D eigenvalue weighted by molar-refractivity contribution is 0.319. The molecule has 0 amide bonds. The predicted molar refractivity (Wildman–Crippen MR) is 85.6 cm³/mol. The molecule has 0 radical (unpaired) electrons. The van der Waals surface area contributed by atoms with Gasteiger partial charge in [0, 0.05) is 19.1 Å². The Bertz CT molecular complexity index is 507. The van der Waals surface area contributed by atoms with Crippen LogP contribution in [0.15, 0.2) is 15.7 Å². The van der Waals surface area contributed by atoms with Crippen LogP contribution < -0.4 is 5.32 Å². The standard InChI is InChI=1S/C14H26N2O2S2/c1-6-15-8-13-7-14(19-10-13)20(17,18)16(12(4)5)9-11(2)3/h7,10-12,15H,6,8-9H2,1-5H3. The van der Waals surface area contributed by atoms with Gasteiger partial charge in [-0.2, -0.15) is 4.31 Å². The maximum Gasteiger partial charge on any atom is 0.252 e. The summed E-state index contributed by atoms with van der Waals surface area (Å²) in [6.07, 6.45) is 0. The molecule has 0 atom stereocenters. The molecular formula is C14H26N2O2S2. The first-order chi connectivity index (χ1) is 9.28. The molecule has 0 unspecified atom stereocenters. The Hall–Kier alpha value is -0.430. The van der Waals surface area contributed by atoms with E-state index in [1.165, 1.54) is 11.3 Å². The van der Waals surface area contributed by atoms with Crippen molar-refractivity contribution in [3.05, 3.63) is 17.0 Å². The van der Waals surface area contributed by atoms with Crippen molar-refractivity contribution in [2.45, 2.75) is 51.4 Å². The summed E-state index contributed by atoms with van der Waals surface area (Å²) < 4.78 is 27.5. The summed E-state index contributed by atoms with van der Waals surface area (Å²) in [5.74, 6) is 0.313.